The molecule has 2 aromatic heterocycles. The Kier molecular flexibility index (Phi) is 3.48. The van der Waals surface area contributed by atoms with E-state index in [4.69, 9.17) is 5.73 Å². The van der Waals surface area contributed by atoms with Crippen LogP contribution in [0.4, 0.5) is 0 Å². The van der Waals surface area contributed by atoms with Crippen LogP contribution < -0.4 is 5.73 Å². The van der Waals surface area contributed by atoms with Crippen LogP contribution in [-0.4, -0.2) is 16.1 Å². The van der Waals surface area contributed by atoms with Crippen molar-refractivity contribution in [2.75, 3.05) is 6.54 Å². The SMILES string of the molecule is NCC(C1CCCC1)n1cncc1-c1ccsc1. The first-order valence-corrected chi connectivity index (χ1v) is 7.59. The van der Waals surface area contributed by atoms with Gasteiger partial charge in [-0.2, -0.15) is 11.3 Å². The van der Waals surface area contributed by atoms with Crippen molar-refractivity contribution in [3.05, 3.63) is 29.4 Å². The highest BCUT2D eigenvalue weighted by Gasteiger charge is 2.26. The minimum absolute atomic E-state index is 0.407. The summed E-state index contributed by atoms with van der Waals surface area (Å²) in [5.74, 6) is 0.724. The number of imidazole rings is 1. The summed E-state index contributed by atoms with van der Waals surface area (Å²) in [5, 5.41) is 4.29. The lowest BCUT2D eigenvalue weighted by molar-refractivity contribution is 0.344. The summed E-state index contributed by atoms with van der Waals surface area (Å²) in [6, 6.07) is 2.56. The van der Waals surface area contributed by atoms with Gasteiger partial charge in [-0.1, -0.05) is 12.8 Å². The van der Waals surface area contributed by atoms with Crippen LogP contribution in [-0.2, 0) is 0 Å². The lowest BCUT2D eigenvalue weighted by atomic mass is 9.97. The van der Waals surface area contributed by atoms with Gasteiger partial charge in [-0.15, -0.1) is 0 Å². The zero-order chi connectivity index (χ0) is 12.4. The van der Waals surface area contributed by atoms with Crippen molar-refractivity contribution in [2.24, 2.45) is 11.7 Å². The molecule has 0 bridgehead atoms. The van der Waals surface area contributed by atoms with E-state index in [1.165, 1.54) is 36.9 Å². The minimum atomic E-state index is 0.407. The molecule has 1 aliphatic rings. The second-order valence-electron chi connectivity index (χ2n) is 5.05. The maximum atomic E-state index is 6.02. The summed E-state index contributed by atoms with van der Waals surface area (Å²) in [5.41, 5.74) is 8.49. The third kappa shape index (κ3) is 2.10. The Morgan fingerprint density at radius 1 is 1.44 bits per heavy atom. The van der Waals surface area contributed by atoms with Gasteiger partial charge in [0.15, 0.2) is 0 Å². The Hall–Kier alpha value is -1.13. The topological polar surface area (TPSA) is 43.8 Å². The van der Waals surface area contributed by atoms with Crippen molar-refractivity contribution in [3.63, 3.8) is 0 Å². The highest BCUT2D eigenvalue weighted by atomic mass is 32.1. The number of aromatic nitrogens is 2. The third-order valence-corrected chi connectivity index (χ3v) is 4.71. The zero-order valence-corrected chi connectivity index (χ0v) is 11.3. The predicted molar refractivity (Wildman–Crippen MR) is 75.6 cm³/mol. The van der Waals surface area contributed by atoms with Crippen LogP contribution in [0.25, 0.3) is 11.3 Å². The summed E-state index contributed by atoms with van der Waals surface area (Å²) in [4.78, 5) is 4.33. The van der Waals surface area contributed by atoms with Crippen molar-refractivity contribution < 1.29 is 0 Å². The van der Waals surface area contributed by atoms with E-state index in [9.17, 15) is 0 Å². The maximum absolute atomic E-state index is 6.02. The van der Waals surface area contributed by atoms with Gasteiger partial charge in [0, 0.05) is 17.5 Å². The summed E-state index contributed by atoms with van der Waals surface area (Å²) in [6.07, 6.45) is 9.22. The molecule has 96 valence electrons. The standard InChI is InChI=1S/C14H19N3S/c15-7-13(11-3-1-2-4-11)17-10-16-8-14(17)12-5-6-18-9-12/h5-6,8-11,13H,1-4,7,15H2. The summed E-state index contributed by atoms with van der Waals surface area (Å²) in [6.45, 7) is 0.707. The molecule has 18 heavy (non-hydrogen) atoms. The molecule has 3 nitrogen and oxygen atoms in total. The highest BCUT2D eigenvalue weighted by molar-refractivity contribution is 7.08. The van der Waals surface area contributed by atoms with Crippen molar-refractivity contribution >= 4 is 11.3 Å². The molecule has 2 heterocycles. The van der Waals surface area contributed by atoms with Crippen molar-refractivity contribution in [1.82, 2.24) is 9.55 Å². The van der Waals surface area contributed by atoms with Crippen LogP contribution in [0.15, 0.2) is 29.4 Å². The number of thiophene rings is 1. The molecule has 1 saturated carbocycles. The van der Waals surface area contributed by atoms with Crippen molar-refractivity contribution in [2.45, 2.75) is 31.7 Å². The van der Waals surface area contributed by atoms with Crippen LogP contribution in [0.3, 0.4) is 0 Å². The predicted octanol–water partition coefficient (Wildman–Crippen LogP) is 3.30. The fourth-order valence-corrected chi connectivity index (χ4v) is 3.73. The highest BCUT2D eigenvalue weighted by Crippen LogP contribution is 2.36. The van der Waals surface area contributed by atoms with E-state index in [2.05, 4.69) is 26.4 Å². The average molecular weight is 261 g/mol. The fraction of sp³-hybridized carbons (Fsp3) is 0.500. The molecular formula is C14H19N3S. The Bertz CT molecular complexity index is 483. The largest absolute Gasteiger partial charge is 0.328 e. The monoisotopic (exact) mass is 261 g/mol. The van der Waals surface area contributed by atoms with E-state index < -0.39 is 0 Å². The number of rotatable bonds is 4. The van der Waals surface area contributed by atoms with Gasteiger partial charge in [-0.25, -0.2) is 4.98 Å². The van der Waals surface area contributed by atoms with E-state index in [-0.39, 0.29) is 0 Å². The second-order valence-corrected chi connectivity index (χ2v) is 5.83. The maximum Gasteiger partial charge on any atom is 0.0954 e. The minimum Gasteiger partial charge on any atom is -0.328 e. The van der Waals surface area contributed by atoms with Crippen molar-refractivity contribution in [3.8, 4) is 11.3 Å². The number of nitrogens with zero attached hydrogens (tertiary/aromatic N) is 2. The van der Waals surface area contributed by atoms with Gasteiger partial charge in [0.1, 0.15) is 0 Å². The van der Waals surface area contributed by atoms with Gasteiger partial charge in [-0.05, 0) is 30.2 Å². The first-order chi connectivity index (χ1) is 8.90. The number of hydrogen-bond donors (Lipinski definition) is 1. The molecule has 3 rings (SSSR count). The molecule has 0 aliphatic heterocycles. The van der Waals surface area contributed by atoms with E-state index in [1.807, 2.05) is 12.5 Å². The van der Waals surface area contributed by atoms with Gasteiger partial charge in [0.25, 0.3) is 0 Å². The van der Waals surface area contributed by atoms with E-state index in [0.717, 1.165) is 5.92 Å². The molecule has 4 heteroatoms. The molecule has 2 aromatic rings. The first-order valence-electron chi connectivity index (χ1n) is 6.64. The van der Waals surface area contributed by atoms with Gasteiger partial charge >= 0.3 is 0 Å². The number of nitrogens with two attached hydrogens (primary N) is 1. The van der Waals surface area contributed by atoms with Crippen LogP contribution in [0.1, 0.15) is 31.7 Å². The second kappa shape index (κ2) is 5.24. The van der Waals surface area contributed by atoms with Gasteiger partial charge < -0.3 is 10.3 Å². The van der Waals surface area contributed by atoms with Gasteiger partial charge in [0.2, 0.25) is 0 Å². The van der Waals surface area contributed by atoms with Crippen molar-refractivity contribution in [1.29, 1.82) is 0 Å². The molecule has 0 radical (unpaired) electrons. The molecule has 1 atom stereocenters. The summed E-state index contributed by atoms with van der Waals surface area (Å²) < 4.78 is 2.29. The van der Waals surface area contributed by atoms with Gasteiger partial charge in [0.05, 0.1) is 24.3 Å². The molecule has 0 aromatic carbocycles. The molecule has 1 aliphatic carbocycles. The van der Waals surface area contributed by atoms with Crippen LogP contribution >= 0.6 is 11.3 Å². The first kappa shape index (κ1) is 11.9. The van der Waals surface area contributed by atoms with Crippen LogP contribution in [0.2, 0.25) is 0 Å². The normalized spacial score (nSPS) is 18.3. The summed E-state index contributed by atoms with van der Waals surface area (Å²) >= 11 is 1.73. The Balaban J connectivity index is 1.93. The zero-order valence-electron chi connectivity index (χ0n) is 10.5. The van der Waals surface area contributed by atoms with E-state index >= 15 is 0 Å². The molecule has 1 unspecified atom stereocenters. The molecule has 0 spiro atoms. The molecule has 0 amide bonds. The quantitative estimate of drug-likeness (QED) is 0.917. The van der Waals surface area contributed by atoms with Crippen LogP contribution in [0.5, 0.6) is 0 Å². The Labute approximate surface area is 112 Å². The Morgan fingerprint density at radius 3 is 2.94 bits per heavy atom. The molecule has 0 saturated heterocycles. The third-order valence-electron chi connectivity index (χ3n) is 4.03. The Morgan fingerprint density at radius 2 is 2.28 bits per heavy atom. The smallest absolute Gasteiger partial charge is 0.0954 e. The van der Waals surface area contributed by atoms with E-state index in [0.29, 0.717) is 12.6 Å². The fourth-order valence-electron chi connectivity index (χ4n) is 3.08. The molecule has 1 fully saturated rings. The number of hydrogen-bond acceptors (Lipinski definition) is 3. The van der Waals surface area contributed by atoms with E-state index in [1.54, 1.807) is 11.3 Å². The summed E-state index contributed by atoms with van der Waals surface area (Å²) in [7, 11) is 0. The van der Waals surface area contributed by atoms with Gasteiger partial charge in [-0.3, -0.25) is 0 Å². The molecular weight excluding hydrogens is 242 g/mol. The lowest BCUT2D eigenvalue weighted by Gasteiger charge is -2.25. The molecule has 2 N–H and O–H groups in total. The lowest BCUT2D eigenvalue weighted by Crippen LogP contribution is -2.25. The van der Waals surface area contributed by atoms with Crippen LogP contribution in [0, 0.1) is 5.92 Å². The average Bonchev–Trinajstić information content (AvgIpc) is 3.13.